The number of nitrogens with one attached hydrogen (secondary N) is 1. The number of methoxy groups -OCH3 is 1. The zero-order chi connectivity index (χ0) is 20.0. The predicted octanol–water partition coefficient (Wildman–Crippen LogP) is 3.54. The fraction of sp³-hybridized carbons (Fsp3) is 0.211. The Labute approximate surface area is 168 Å². The molecular formula is C19H15ClN2O5S. The molecule has 0 aliphatic carbocycles. The van der Waals surface area contributed by atoms with Crippen LogP contribution in [-0.4, -0.2) is 29.7 Å². The summed E-state index contributed by atoms with van der Waals surface area (Å²) in [7, 11) is 1.26. The number of ether oxygens (including phenoxy) is 2. The molecule has 0 saturated heterocycles. The molecule has 3 aromatic rings. The maximum absolute atomic E-state index is 13.0. The van der Waals surface area contributed by atoms with Gasteiger partial charge in [-0.05, 0) is 30.5 Å². The van der Waals surface area contributed by atoms with E-state index in [0.29, 0.717) is 17.8 Å². The van der Waals surface area contributed by atoms with E-state index in [0.717, 1.165) is 11.3 Å². The Morgan fingerprint density at radius 1 is 1.36 bits per heavy atom. The van der Waals surface area contributed by atoms with Crippen molar-refractivity contribution in [2.45, 2.75) is 19.6 Å². The van der Waals surface area contributed by atoms with Crippen LogP contribution in [0.15, 0.2) is 34.6 Å². The van der Waals surface area contributed by atoms with Crippen LogP contribution in [0.2, 0.25) is 5.02 Å². The second kappa shape index (κ2) is 6.96. The molecule has 144 valence electrons. The van der Waals surface area contributed by atoms with Gasteiger partial charge in [-0.25, -0.2) is 4.79 Å². The van der Waals surface area contributed by atoms with Gasteiger partial charge in [0.05, 0.1) is 35.3 Å². The zero-order valence-corrected chi connectivity index (χ0v) is 16.5. The number of hydrogen-bond acceptors (Lipinski definition) is 6. The average molecular weight is 419 g/mol. The Morgan fingerprint density at radius 3 is 2.89 bits per heavy atom. The molecule has 1 aliphatic heterocycles. The largest absolute Gasteiger partial charge is 0.487 e. The molecule has 1 N–H and O–H groups in total. The molecule has 1 atom stereocenters. The minimum atomic E-state index is -0.625. The van der Waals surface area contributed by atoms with E-state index in [4.69, 9.17) is 21.1 Å². The maximum atomic E-state index is 13.0. The van der Waals surface area contributed by atoms with Gasteiger partial charge in [0.2, 0.25) is 5.43 Å². The zero-order valence-electron chi connectivity index (χ0n) is 14.9. The molecule has 0 bridgehead atoms. The smallest absolute Gasteiger partial charge is 0.350 e. The number of carbonyl (C=O) groups is 2. The molecule has 1 amide bonds. The van der Waals surface area contributed by atoms with Gasteiger partial charge in [-0.2, -0.15) is 0 Å². The lowest BCUT2D eigenvalue weighted by molar-refractivity contribution is 0.0607. The number of thiophene rings is 1. The first-order valence-electron chi connectivity index (χ1n) is 8.40. The van der Waals surface area contributed by atoms with Crippen LogP contribution in [0.3, 0.4) is 0 Å². The van der Waals surface area contributed by atoms with Crippen molar-refractivity contribution in [1.29, 1.82) is 0 Å². The van der Waals surface area contributed by atoms with Crippen molar-refractivity contribution in [3.05, 3.63) is 55.5 Å². The van der Waals surface area contributed by atoms with Crippen LogP contribution < -0.4 is 15.5 Å². The van der Waals surface area contributed by atoms with Gasteiger partial charge in [0.1, 0.15) is 22.3 Å². The Kier molecular flexibility index (Phi) is 4.60. The topological polar surface area (TPSA) is 86.6 Å². The lowest BCUT2D eigenvalue weighted by atomic mass is 10.1. The van der Waals surface area contributed by atoms with Gasteiger partial charge < -0.3 is 19.4 Å². The van der Waals surface area contributed by atoms with Crippen molar-refractivity contribution < 1.29 is 19.1 Å². The number of amides is 1. The number of esters is 1. The van der Waals surface area contributed by atoms with E-state index >= 15 is 0 Å². The van der Waals surface area contributed by atoms with E-state index in [-0.39, 0.29) is 32.6 Å². The first-order chi connectivity index (χ1) is 13.4. The quantitative estimate of drug-likeness (QED) is 0.657. The summed E-state index contributed by atoms with van der Waals surface area (Å²) in [6, 6.07) is 4.88. The van der Waals surface area contributed by atoms with Gasteiger partial charge in [-0.1, -0.05) is 11.6 Å². The summed E-state index contributed by atoms with van der Waals surface area (Å²) in [5, 5.41) is 4.76. The number of carbonyl (C=O) groups excluding carboxylic acids is 2. The Morgan fingerprint density at radius 2 is 2.14 bits per heavy atom. The molecule has 3 heterocycles. The third-order valence-electron chi connectivity index (χ3n) is 4.44. The van der Waals surface area contributed by atoms with E-state index in [1.165, 1.54) is 13.3 Å². The van der Waals surface area contributed by atoms with Crippen molar-refractivity contribution in [2.75, 3.05) is 12.4 Å². The lowest BCUT2D eigenvalue weighted by Gasteiger charge is -2.26. The van der Waals surface area contributed by atoms with Crippen molar-refractivity contribution in [2.24, 2.45) is 0 Å². The van der Waals surface area contributed by atoms with Crippen molar-refractivity contribution in [3.63, 3.8) is 0 Å². The fourth-order valence-corrected chi connectivity index (χ4v) is 4.25. The van der Waals surface area contributed by atoms with Crippen LogP contribution in [0.5, 0.6) is 5.75 Å². The standard InChI is InChI=1S/C19H15ClN2O5S/c1-9-7-22-8-10(16(23)14-11(20)3-4-13(27-9)15(14)22)18(24)21-12-5-6-28-17(12)19(25)26-2/h3-6,8-9H,7H2,1-2H3,(H,21,24)/t9-/m1/s1. The van der Waals surface area contributed by atoms with E-state index in [1.54, 1.807) is 28.1 Å². The van der Waals surface area contributed by atoms with Crippen LogP contribution in [0.1, 0.15) is 27.0 Å². The SMILES string of the molecule is COC(=O)c1sccc1NC(=O)c1cn2c3c(ccc(Cl)c3c1=O)O[C@H](C)C2. The van der Waals surface area contributed by atoms with Gasteiger partial charge >= 0.3 is 5.97 Å². The first kappa shape index (κ1) is 18.5. The number of pyridine rings is 1. The number of rotatable bonds is 3. The molecule has 7 nitrogen and oxygen atoms in total. The second-order valence-electron chi connectivity index (χ2n) is 6.33. The Bertz CT molecular complexity index is 1180. The van der Waals surface area contributed by atoms with Crippen LogP contribution in [0.4, 0.5) is 5.69 Å². The van der Waals surface area contributed by atoms with Crippen LogP contribution >= 0.6 is 22.9 Å². The van der Waals surface area contributed by atoms with Crippen molar-refractivity contribution >= 4 is 51.4 Å². The molecule has 9 heteroatoms. The minimum absolute atomic E-state index is 0.0670. The highest BCUT2D eigenvalue weighted by Crippen LogP contribution is 2.33. The van der Waals surface area contributed by atoms with Crippen LogP contribution in [-0.2, 0) is 11.3 Å². The third kappa shape index (κ3) is 2.94. The minimum Gasteiger partial charge on any atom is -0.487 e. The van der Waals surface area contributed by atoms with Gasteiger partial charge in [0.25, 0.3) is 5.91 Å². The van der Waals surface area contributed by atoms with E-state index in [9.17, 15) is 14.4 Å². The molecule has 4 rings (SSSR count). The molecule has 1 aromatic carbocycles. The number of nitrogens with zero attached hydrogens (tertiary/aromatic N) is 1. The Hall–Kier alpha value is -2.84. The number of aromatic nitrogens is 1. The molecule has 0 saturated carbocycles. The highest BCUT2D eigenvalue weighted by Gasteiger charge is 2.25. The number of benzene rings is 1. The van der Waals surface area contributed by atoms with E-state index in [1.807, 2.05) is 6.92 Å². The Balaban J connectivity index is 1.82. The number of halogens is 1. The van der Waals surface area contributed by atoms with Crippen molar-refractivity contribution in [1.82, 2.24) is 4.57 Å². The summed E-state index contributed by atoms with van der Waals surface area (Å²) < 4.78 is 12.3. The van der Waals surface area contributed by atoms with E-state index < -0.39 is 17.3 Å². The average Bonchev–Trinajstić information content (AvgIpc) is 3.12. The predicted molar refractivity (Wildman–Crippen MR) is 107 cm³/mol. The normalized spacial score (nSPS) is 15.2. The molecule has 0 radical (unpaired) electrons. The fourth-order valence-electron chi connectivity index (χ4n) is 3.24. The number of hydrogen-bond donors (Lipinski definition) is 1. The highest BCUT2D eigenvalue weighted by atomic mass is 35.5. The van der Waals surface area contributed by atoms with E-state index in [2.05, 4.69) is 5.32 Å². The van der Waals surface area contributed by atoms with Gasteiger partial charge in [0.15, 0.2) is 0 Å². The third-order valence-corrected chi connectivity index (χ3v) is 5.65. The van der Waals surface area contributed by atoms with Crippen molar-refractivity contribution in [3.8, 4) is 5.75 Å². The summed E-state index contributed by atoms with van der Waals surface area (Å²) in [4.78, 5) is 37.9. The molecule has 0 unspecified atom stereocenters. The lowest BCUT2D eigenvalue weighted by Crippen LogP contribution is -2.30. The molecule has 0 spiro atoms. The monoisotopic (exact) mass is 418 g/mol. The van der Waals surface area contributed by atoms with Gasteiger partial charge in [-0.15, -0.1) is 11.3 Å². The second-order valence-corrected chi connectivity index (χ2v) is 7.65. The van der Waals surface area contributed by atoms with Gasteiger partial charge in [-0.3, -0.25) is 9.59 Å². The number of anilines is 1. The summed E-state index contributed by atoms with van der Waals surface area (Å²) in [6.45, 7) is 2.37. The molecule has 28 heavy (non-hydrogen) atoms. The highest BCUT2D eigenvalue weighted by molar-refractivity contribution is 7.12. The molecule has 0 fully saturated rings. The van der Waals surface area contributed by atoms with Gasteiger partial charge in [0, 0.05) is 6.20 Å². The molecule has 1 aliphatic rings. The summed E-state index contributed by atoms with van der Waals surface area (Å²) in [6.07, 6.45) is 1.38. The first-order valence-corrected chi connectivity index (χ1v) is 9.66. The maximum Gasteiger partial charge on any atom is 0.350 e. The van der Waals surface area contributed by atoms with Crippen LogP contribution in [0, 0.1) is 0 Å². The summed E-state index contributed by atoms with van der Waals surface area (Å²) in [5.41, 5.74) is 0.292. The van der Waals surface area contributed by atoms with Crippen LogP contribution in [0.25, 0.3) is 10.9 Å². The molecular weight excluding hydrogens is 404 g/mol. The summed E-state index contributed by atoms with van der Waals surface area (Å²) >= 11 is 7.41. The summed E-state index contributed by atoms with van der Waals surface area (Å²) in [5.74, 6) is -0.637. The molecule has 2 aromatic heterocycles.